The average Bonchev–Trinajstić information content (AvgIpc) is 2.79. The summed E-state index contributed by atoms with van der Waals surface area (Å²) in [7, 11) is 1.62. The molecule has 2 amide bonds. The molecule has 1 aromatic carbocycles. The molecule has 0 atom stereocenters. The number of urea groups is 1. The van der Waals surface area contributed by atoms with E-state index in [1.165, 1.54) is 16.2 Å². The Morgan fingerprint density at radius 2 is 2.21 bits per heavy atom. The lowest BCUT2D eigenvalue weighted by Crippen LogP contribution is -2.31. The number of halogens is 2. The van der Waals surface area contributed by atoms with E-state index in [0.717, 1.165) is 5.56 Å². The first-order chi connectivity index (χ1) is 8.97. The van der Waals surface area contributed by atoms with E-state index in [1.807, 2.05) is 13.0 Å². The zero-order chi connectivity index (χ0) is 14.0. The van der Waals surface area contributed by atoms with Crippen molar-refractivity contribution in [2.24, 2.45) is 0 Å². The summed E-state index contributed by atoms with van der Waals surface area (Å²) in [6, 6.07) is 5.05. The van der Waals surface area contributed by atoms with Gasteiger partial charge in [-0.3, -0.25) is 4.90 Å². The predicted octanol–water partition coefficient (Wildman–Crippen LogP) is 3.93. The molecule has 19 heavy (non-hydrogen) atoms. The van der Waals surface area contributed by atoms with Gasteiger partial charge in [-0.2, -0.15) is 0 Å². The van der Waals surface area contributed by atoms with Gasteiger partial charge in [-0.25, -0.2) is 4.79 Å². The molecule has 2 rings (SSSR count). The Hall–Kier alpha value is -1.18. The van der Waals surface area contributed by atoms with Crippen LogP contribution < -0.4 is 10.2 Å². The van der Waals surface area contributed by atoms with Crippen LogP contribution in [0.4, 0.5) is 15.6 Å². The summed E-state index contributed by atoms with van der Waals surface area (Å²) in [5.74, 6) is 0. The molecule has 100 valence electrons. The van der Waals surface area contributed by atoms with Crippen LogP contribution in [-0.4, -0.2) is 23.3 Å². The van der Waals surface area contributed by atoms with Gasteiger partial charge in [-0.05, 0) is 40.5 Å². The summed E-state index contributed by atoms with van der Waals surface area (Å²) >= 11 is 10.5. The van der Waals surface area contributed by atoms with E-state index in [4.69, 9.17) is 11.6 Å². The Morgan fingerprint density at radius 1 is 1.47 bits per heavy atom. The highest BCUT2D eigenvalue weighted by Crippen LogP contribution is 2.24. The smallest absolute Gasteiger partial charge is 0.307 e. The van der Waals surface area contributed by atoms with Gasteiger partial charge >= 0.3 is 6.03 Å². The molecule has 0 saturated carbocycles. The largest absolute Gasteiger partial charge is 0.327 e. The van der Waals surface area contributed by atoms with Gasteiger partial charge in [-0.15, -0.1) is 10.2 Å². The Balaban J connectivity index is 2.10. The van der Waals surface area contributed by atoms with E-state index in [0.29, 0.717) is 19.8 Å². The summed E-state index contributed by atoms with van der Waals surface area (Å²) in [5.41, 5.74) is 1.59. The molecule has 0 saturated heterocycles. The van der Waals surface area contributed by atoms with Crippen LogP contribution in [0.1, 0.15) is 5.56 Å². The Kier molecular flexibility index (Phi) is 4.38. The summed E-state index contributed by atoms with van der Waals surface area (Å²) < 4.78 is 0.625. The van der Waals surface area contributed by atoms with Crippen LogP contribution in [0.25, 0.3) is 0 Å². The highest BCUT2D eigenvalue weighted by molar-refractivity contribution is 9.11. The fourth-order valence-electron chi connectivity index (χ4n) is 1.30. The van der Waals surface area contributed by atoms with Crippen LogP contribution in [0.5, 0.6) is 0 Å². The monoisotopic (exact) mass is 360 g/mol. The van der Waals surface area contributed by atoms with Crippen LogP contribution in [0, 0.1) is 6.92 Å². The number of carbonyl (C=O) groups excluding carboxylic acids is 1. The van der Waals surface area contributed by atoms with E-state index in [1.54, 1.807) is 19.2 Å². The van der Waals surface area contributed by atoms with Gasteiger partial charge in [0.2, 0.25) is 5.13 Å². The highest BCUT2D eigenvalue weighted by atomic mass is 79.9. The summed E-state index contributed by atoms with van der Waals surface area (Å²) in [6.45, 7) is 1.90. The van der Waals surface area contributed by atoms with Crippen molar-refractivity contribution in [3.63, 3.8) is 0 Å². The molecular weight excluding hydrogens is 352 g/mol. The van der Waals surface area contributed by atoms with Crippen LogP contribution >= 0.6 is 38.9 Å². The molecule has 0 radical (unpaired) electrons. The molecule has 0 aliphatic rings. The van der Waals surface area contributed by atoms with Crippen molar-refractivity contribution in [2.75, 3.05) is 17.3 Å². The molecule has 5 nitrogen and oxygen atoms in total. The standard InChI is InChI=1S/C11H10BrClN4OS/c1-6-3-4-7(5-8(6)13)14-10(18)17(2)11-16-15-9(12)19-11/h3-5H,1-2H3,(H,14,18). The van der Waals surface area contributed by atoms with Crippen molar-refractivity contribution < 1.29 is 4.79 Å². The Labute approximate surface area is 127 Å². The highest BCUT2D eigenvalue weighted by Gasteiger charge is 2.15. The van der Waals surface area contributed by atoms with E-state index >= 15 is 0 Å². The molecule has 0 aliphatic heterocycles. The van der Waals surface area contributed by atoms with Gasteiger partial charge in [0.25, 0.3) is 0 Å². The third-order valence-electron chi connectivity index (χ3n) is 2.40. The molecule has 1 heterocycles. The second kappa shape index (κ2) is 5.85. The Bertz CT molecular complexity index is 618. The fraction of sp³-hybridized carbons (Fsp3) is 0.182. The molecule has 0 unspecified atom stereocenters. The number of nitrogens with zero attached hydrogens (tertiary/aromatic N) is 3. The van der Waals surface area contributed by atoms with Gasteiger partial charge in [0, 0.05) is 17.8 Å². The molecule has 2 aromatic rings. The zero-order valence-electron chi connectivity index (χ0n) is 10.1. The molecule has 1 N–H and O–H groups in total. The maximum atomic E-state index is 12.0. The number of carbonyl (C=O) groups is 1. The number of amides is 2. The van der Waals surface area contributed by atoms with Crippen molar-refractivity contribution in [1.82, 2.24) is 10.2 Å². The topological polar surface area (TPSA) is 58.1 Å². The minimum Gasteiger partial charge on any atom is -0.307 e. The van der Waals surface area contributed by atoms with Gasteiger partial charge in [0.15, 0.2) is 3.92 Å². The molecule has 0 bridgehead atoms. The first-order valence-electron chi connectivity index (χ1n) is 5.27. The van der Waals surface area contributed by atoms with Crippen molar-refractivity contribution >= 4 is 55.7 Å². The fourth-order valence-corrected chi connectivity index (χ4v) is 2.53. The summed E-state index contributed by atoms with van der Waals surface area (Å²) in [5, 5.41) is 11.5. The average molecular weight is 362 g/mol. The summed E-state index contributed by atoms with van der Waals surface area (Å²) in [6.07, 6.45) is 0. The van der Waals surface area contributed by atoms with Crippen LogP contribution in [0.2, 0.25) is 5.02 Å². The number of benzene rings is 1. The van der Waals surface area contributed by atoms with E-state index < -0.39 is 0 Å². The van der Waals surface area contributed by atoms with Gasteiger partial charge in [0.05, 0.1) is 0 Å². The molecule has 1 aromatic heterocycles. The maximum Gasteiger partial charge on any atom is 0.327 e. The van der Waals surface area contributed by atoms with Gasteiger partial charge in [0.1, 0.15) is 0 Å². The lowest BCUT2D eigenvalue weighted by molar-refractivity contribution is 0.258. The number of aryl methyl sites for hydroxylation is 1. The van der Waals surface area contributed by atoms with Gasteiger partial charge < -0.3 is 5.32 Å². The van der Waals surface area contributed by atoms with E-state index in [-0.39, 0.29) is 6.03 Å². The second-order valence-corrected chi connectivity index (χ2v) is 6.43. The van der Waals surface area contributed by atoms with Crippen molar-refractivity contribution in [3.8, 4) is 0 Å². The van der Waals surface area contributed by atoms with Crippen LogP contribution in [0.15, 0.2) is 22.1 Å². The van der Waals surface area contributed by atoms with E-state index in [9.17, 15) is 4.79 Å². The van der Waals surface area contributed by atoms with Crippen LogP contribution in [-0.2, 0) is 0 Å². The maximum absolute atomic E-state index is 12.0. The molecular formula is C11H10BrClN4OS. The number of anilines is 2. The lowest BCUT2D eigenvalue weighted by atomic mass is 10.2. The Morgan fingerprint density at radius 3 is 2.79 bits per heavy atom. The first kappa shape index (κ1) is 14.2. The number of rotatable bonds is 2. The number of nitrogens with one attached hydrogen (secondary N) is 1. The van der Waals surface area contributed by atoms with Crippen molar-refractivity contribution in [3.05, 3.63) is 32.7 Å². The molecule has 0 fully saturated rings. The minimum atomic E-state index is -0.302. The van der Waals surface area contributed by atoms with E-state index in [2.05, 4.69) is 31.4 Å². The first-order valence-corrected chi connectivity index (χ1v) is 7.26. The number of hydrogen-bond donors (Lipinski definition) is 1. The SMILES string of the molecule is Cc1ccc(NC(=O)N(C)c2nnc(Br)s2)cc1Cl. The molecule has 0 spiro atoms. The normalized spacial score (nSPS) is 10.3. The lowest BCUT2D eigenvalue weighted by Gasteiger charge is -2.14. The second-order valence-electron chi connectivity index (χ2n) is 3.79. The summed E-state index contributed by atoms with van der Waals surface area (Å²) in [4.78, 5) is 13.4. The van der Waals surface area contributed by atoms with Gasteiger partial charge in [-0.1, -0.05) is 29.0 Å². The van der Waals surface area contributed by atoms with Crippen LogP contribution in [0.3, 0.4) is 0 Å². The number of hydrogen-bond acceptors (Lipinski definition) is 4. The van der Waals surface area contributed by atoms with Crippen molar-refractivity contribution in [2.45, 2.75) is 6.92 Å². The zero-order valence-corrected chi connectivity index (χ0v) is 13.3. The number of aromatic nitrogens is 2. The third-order valence-corrected chi connectivity index (χ3v) is 4.24. The van der Waals surface area contributed by atoms with Crippen molar-refractivity contribution in [1.29, 1.82) is 0 Å². The minimum absolute atomic E-state index is 0.302. The molecule has 8 heteroatoms. The molecule has 0 aliphatic carbocycles. The quantitative estimate of drug-likeness (QED) is 0.881. The predicted molar refractivity (Wildman–Crippen MR) is 81.2 cm³/mol. The third kappa shape index (κ3) is 3.43.